The normalized spacial score (nSPS) is 16.7. The highest BCUT2D eigenvalue weighted by Gasteiger charge is 2.28. The zero-order valence-corrected chi connectivity index (χ0v) is 24.1. The molecule has 1 heterocycles. The average Bonchev–Trinajstić information content (AvgIpc) is 3.22. The predicted molar refractivity (Wildman–Crippen MR) is 147 cm³/mol. The summed E-state index contributed by atoms with van der Waals surface area (Å²) in [5.41, 5.74) is 1.27. The van der Waals surface area contributed by atoms with Crippen LogP contribution in [0.4, 0.5) is 14.6 Å². The summed E-state index contributed by atoms with van der Waals surface area (Å²) in [4.78, 5) is 17.5. The molecule has 0 saturated carbocycles. The Hall–Kier alpha value is -1.84. The number of aryl methyl sites for hydroxylation is 1. The lowest BCUT2D eigenvalue weighted by Gasteiger charge is -2.30. The van der Waals surface area contributed by atoms with Crippen molar-refractivity contribution < 1.29 is 13.6 Å². The van der Waals surface area contributed by atoms with E-state index < -0.39 is 17.7 Å². The van der Waals surface area contributed by atoms with Crippen LogP contribution < -0.4 is 16.0 Å². The van der Waals surface area contributed by atoms with Gasteiger partial charge in [-0.1, -0.05) is 34.1 Å². The molecule has 1 amide bonds. The molecule has 0 spiro atoms. The maximum Gasteiger partial charge on any atom is 0.242 e. The molecule has 0 radical (unpaired) electrons. The monoisotopic (exact) mass is 569 g/mol. The quantitative estimate of drug-likeness (QED) is 0.360. The molecule has 1 aromatic heterocycles. The van der Waals surface area contributed by atoms with Crippen LogP contribution in [0.25, 0.3) is 0 Å². The van der Waals surface area contributed by atoms with E-state index >= 15 is 0 Å². The van der Waals surface area contributed by atoms with Gasteiger partial charge in [0.05, 0.1) is 17.9 Å². The number of aromatic nitrogens is 2. The minimum Gasteiger partial charge on any atom is -0.328 e. The molecule has 1 aromatic carbocycles. The van der Waals surface area contributed by atoms with Crippen LogP contribution in [0.15, 0.2) is 24.7 Å². The Bertz CT molecular complexity index is 1020. The van der Waals surface area contributed by atoms with Crippen molar-refractivity contribution in [1.82, 2.24) is 20.2 Å². The molecule has 6 nitrogen and oxygen atoms in total. The number of imidazole rings is 1. The summed E-state index contributed by atoms with van der Waals surface area (Å²) in [5, 5.41) is 9.89. The van der Waals surface area contributed by atoms with Gasteiger partial charge in [0.15, 0.2) is 5.82 Å². The first-order valence-corrected chi connectivity index (χ1v) is 12.7. The van der Waals surface area contributed by atoms with Gasteiger partial charge in [-0.05, 0) is 62.1 Å². The molecule has 1 aliphatic rings. The van der Waals surface area contributed by atoms with Crippen LogP contribution in [0.3, 0.4) is 0 Å². The van der Waals surface area contributed by atoms with Crippen LogP contribution in [-0.4, -0.2) is 40.6 Å². The number of hydrogen-bond acceptors (Lipinski definition) is 4. The zero-order valence-electron chi connectivity index (χ0n) is 22.4. The molecule has 0 bridgehead atoms. The third-order valence-corrected chi connectivity index (χ3v) is 6.54. The lowest BCUT2D eigenvalue weighted by molar-refractivity contribution is -0.118. The van der Waals surface area contributed by atoms with Crippen molar-refractivity contribution in [2.45, 2.75) is 91.3 Å². The van der Waals surface area contributed by atoms with Gasteiger partial charge in [-0.3, -0.25) is 4.79 Å². The molecule has 202 valence electrons. The fourth-order valence-corrected chi connectivity index (χ4v) is 4.56. The molecule has 36 heavy (non-hydrogen) atoms. The largest absolute Gasteiger partial charge is 0.328 e. The van der Waals surface area contributed by atoms with Crippen molar-refractivity contribution in [2.24, 2.45) is 5.41 Å². The van der Waals surface area contributed by atoms with Crippen LogP contribution in [-0.2, 0) is 23.2 Å². The van der Waals surface area contributed by atoms with Crippen LogP contribution in [0.2, 0.25) is 0 Å². The van der Waals surface area contributed by atoms with Crippen LogP contribution in [0, 0.1) is 17.0 Å². The van der Waals surface area contributed by atoms with Gasteiger partial charge in [0, 0.05) is 31.4 Å². The second-order valence-electron chi connectivity index (χ2n) is 11.6. The van der Waals surface area contributed by atoms with Crippen molar-refractivity contribution in [3.63, 3.8) is 0 Å². The number of nitrogens with zero attached hydrogens (tertiary/aromatic N) is 2. The molecule has 0 fully saturated rings. The van der Waals surface area contributed by atoms with Gasteiger partial charge in [0.1, 0.15) is 11.6 Å². The second-order valence-corrected chi connectivity index (χ2v) is 11.6. The molecule has 3 N–H and O–H groups in total. The van der Waals surface area contributed by atoms with Crippen molar-refractivity contribution in [3.05, 3.63) is 47.4 Å². The number of fused-ring (bicyclic) bond motifs is 1. The first-order chi connectivity index (χ1) is 16.4. The summed E-state index contributed by atoms with van der Waals surface area (Å²) in [6.45, 7) is 14.6. The zero-order chi connectivity index (χ0) is 25.8. The van der Waals surface area contributed by atoms with Crippen LogP contribution in [0.1, 0.15) is 71.9 Å². The molecule has 9 heteroatoms. The summed E-state index contributed by atoms with van der Waals surface area (Å²) < 4.78 is 29.9. The predicted octanol–water partition coefficient (Wildman–Crippen LogP) is 5.36. The maximum atomic E-state index is 14.3. The van der Waals surface area contributed by atoms with E-state index in [0.717, 1.165) is 37.6 Å². The van der Waals surface area contributed by atoms with Crippen molar-refractivity contribution in [3.8, 4) is 0 Å². The Kier molecular flexibility index (Phi) is 10.6. The van der Waals surface area contributed by atoms with Gasteiger partial charge < -0.3 is 20.5 Å². The minimum atomic E-state index is -0.538. The standard InChI is InChI=1S/C27H41F2N5O.BrH/c1-7-8-23(32-20-10-9-18-11-19(28)12-22(29)21(18)13-20)25(35)33-24-14-34(17-31-24)27(5,6)16-30-15-26(2,3)4;/h11-12,14,17,20,23,30,32H,7-10,13,15-16H2,1-6H3,(H,33,35);1H. The molecule has 0 saturated heterocycles. The number of amides is 1. The third-order valence-electron chi connectivity index (χ3n) is 6.54. The number of rotatable bonds is 10. The lowest BCUT2D eigenvalue weighted by atomic mass is 9.87. The summed E-state index contributed by atoms with van der Waals surface area (Å²) in [7, 11) is 0. The molecule has 2 unspecified atom stereocenters. The van der Waals surface area contributed by atoms with E-state index in [1.807, 2.05) is 17.7 Å². The van der Waals surface area contributed by atoms with E-state index in [9.17, 15) is 13.6 Å². The number of benzene rings is 1. The van der Waals surface area contributed by atoms with E-state index in [0.29, 0.717) is 30.6 Å². The Morgan fingerprint density at radius 3 is 2.58 bits per heavy atom. The molecular formula is C27H42BrF2N5O. The molecular weight excluding hydrogens is 528 g/mol. The smallest absolute Gasteiger partial charge is 0.242 e. The van der Waals surface area contributed by atoms with Crippen molar-refractivity contribution in [2.75, 3.05) is 18.4 Å². The summed E-state index contributed by atoms with van der Waals surface area (Å²) in [6.07, 6.45) is 6.86. The highest BCUT2D eigenvalue weighted by Crippen LogP contribution is 2.26. The Morgan fingerprint density at radius 1 is 1.19 bits per heavy atom. The van der Waals surface area contributed by atoms with E-state index in [-0.39, 0.29) is 39.9 Å². The van der Waals surface area contributed by atoms with Crippen LogP contribution in [0.5, 0.6) is 0 Å². The van der Waals surface area contributed by atoms with Gasteiger partial charge >= 0.3 is 0 Å². The van der Waals surface area contributed by atoms with E-state index in [2.05, 4.69) is 55.6 Å². The van der Waals surface area contributed by atoms with Gasteiger partial charge in [0.25, 0.3) is 0 Å². The Balaban J connectivity index is 0.00000456. The van der Waals surface area contributed by atoms with E-state index in [1.54, 1.807) is 6.33 Å². The van der Waals surface area contributed by atoms with Crippen molar-refractivity contribution in [1.29, 1.82) is 0 Å². The molecule has 2 aromatic rings. The summed E-state index contributed by atoms with van der Waals surface area (Å²) in [6, 6.07) is 1.90. The number of carbonyl (C=O) groups is 1. The fourth-order valence-electron chi connectivity index (χ4n) is 4.56. The molecule has 0 aliphatic heterocycles. The Morgan fingerprint density at radius 2 is 1.92 bits per heavy atom. The van der Waals surface area contributed by atoms with Gasteiger partial charge in [-0.15, -0.1) is 17.0 Å². The van der Waals surface area contributed by atoms with Gasteiger partial charge in [-0.25, -0.2) is 13.8 Å². The second kappa shape index (κ2) is 12.6. The lowest BCUT2D eigenvalue weighted by Crippen LogP contribution is -2.48. The number of nitrogens with one attached hydrogen (secondary N) is 3. The number of carbonyl (C=O) groups excluding carboxylic acids is 1. The highest BCUT2D eigenvalue weighted by atomic mass is 79.9. The van der Waals surface area contributed by atoms with Crippen LogP contribution >= 0.6 is 17.0 Å². The van der Waals surface area contributed by atoms with Gasteiger partial charge in [-0.2, -0.15) is 0 Å². The first-order valence-electron chi connectivity index (χ1n) is 12.7. The highest BCUT2D eigenvalue weighted by molar-refractivity contribution is 8.93. The summed E-state index contributed by atoms with van der Waals surface area (Å²) >= 11 is 0. The number of halogens is 3. The minimum absolute atomic E-state index is 0. The van der Waals surface area contributed by atoms with E-state index in [4.69, 9.17) is 0 Å². The SMILES string of the molecule is Br.CCCC(NC1CCc2cc(F)cc(F)c2C1)C(=O)Nc1cn(C(C)(C)CNCC(C)(C)C)cn1. The summed E-state index contributed by atoms with van der Waals surface area (Å²) in [5.74, 6) is -0.680. The van der Waals surface area contributed by atoms with Crippen molar-refractivity contribution >= 4 is 28.7 Å². The third kappa shape index (κ3) is 8.35. The maximum absolute atomic E-state index is 14.3. The molecule has 2 atom stereocenters. The molecule has 3 rings (SSSR count). The molecule has 1 aliphatic carbocycles. The van der Waals surface area contributed by atoms with E-state index in [1.165, 1.54) is 6.07 Å². The van der Waals surface area contributed by atoms with Gasteiger partial charge in [0.2, 0.25) is 5.91 Å². The topological polar surface area (TPSA) is 71.0 Å². The Labute approximate surface area is 224 Å². The first kappa shape index (κ1) is 30.4. The fraction of sp³-hybridized carbons (Fsp3) is 0.630. The average molecular weight is 571 g/mol. The number of hydrogen-bond donors (Lipinski definition) is 3. The number of anilines is 1.